The fourth-order valence-corrected chi connectivity index (χ4v) is 2.70. The summed E-state index contributed by atoms with van der Waals surface area (Å²) in [7, 11) is 0. The van der Waals surface area contributed by atoms with Crippen LogP contribution in [0.1, 0.15) is 19.3 Å². The van der Waals surface area contributed by atoms with Gasteiger partial charge >= 0.3 is 0 Å². The third kappa shape index (κ3) is 3.28. The summed E-state index contributed by atoms with van der Waals surface area (Å²) in [5.74, 6) is 0.814. The predicted octanol–water partition coefficient (Wildman–Crippen LogP) is 2.70. The summed E-state index contributed by atoms with van der Waals surface area (Å²) >= 11 is 0. The van der Waals surface area contributed by atoms with Crippen LogP contribution in [0.3, 0.4) is 0 Å². The van der Waals surface area contributed by atoms with E-state index in [1.165, 1.54) is 18.9 Å². The molecule has 3 rings (SSSR count). The number of nitrogens with zero attached hydrogens (tertiary/aromatic N) is 2. The summed E-state index contributed by atoms with van der Waals surface area (Å²) in [6.07, 6.45) is 3.59. The Hall–Kier alpha value is -2.21. The third-order valence-corrected chi connectivity index (χ3v) is 3.84. The lowest BCUT2D eigenvalue weighted by atomic mass is 10.1. The van der Waals surface area contributed by atoms with Crippen molar-refractivity contribution >= 4 is 22.4 Å². The van der Waals surface area contributed by atoms with Crippen molar-refractivity contribution in [1.82, 2.24) is 10.3 Å². The van der Waals surface area contributed by atoms with E-state index in [0.717, 1.165) is 36.2 Å². The Morgan fingerprint density at radius 1 is 1.38 bits per heavy atom. The number of rotatable bonds is 5. The largest absolute Gasteiger partial charge is 0.370 e. The molecule has 1 atom stereocenters. The Kier molecular flexibility index (Phi) is 3.96. The lowest BCUT2D eigenvalue weighted by molar-refractivity contribution is -0.384. The summed E-state index contributed by atoms with van der Waals surface area (Å²) in [5.41, 5.74) is 0.863. The number of hydrogen-bond acceptors (Lipinski definition) is 5. The van der Waals surface area contributed by atoms with E-state index in [0.29, 0.717) is 6.04 Å². The van der Waals surface area contributed by atoms with Gasteiger partial charge in [0.25, 0.3) is 5.69 Å². The van der Waals surface area contributed by atoms with Gasteiger partial charge in [-0.25, -0.2) is 4.98 Å². The molecule has 0 amide bonds. The van der Waals surface area contributed by atoms with Crippen LogP contribution in [0.15, 0.2) is 30.3 Å². The van der Waals surface area contributed by atoms with Gasteiger partial charge in [0.05, 0.1) is 10.4 Å². The highest BCUT2D eigenvalue weighted by Crippen LogP contribution is 2.21. The Labute approximate surface area is 122 Å². The van der Waals surface area contributed by atoms with Gasteiger partial charge in [0.2, 0.25) is 0 Å². The Balaban J connectivity index is 1.66. The minimum Gasteiger partial charge on any atom is -0.370 e. The van der Waals surface area contributed by atoms with Crippen LogP contribution in [0, 0.1) is 10.1 Å². The number of benzene rings is 1. The third-order valence-electron chi connectivity index (χ3n) is 3.84. The standard InChI is InChI=1S/C15H18N4O2/c20-19(21)13-4-5-14-11(10-13)3-6-15(18-14)17-9-7-12-2-1-8-16-12/h3-6,10,12,16H,1-2,7-9H2,(H,17,18)/t12-/m1/s1. The van der Waals surface area contributed by atoms with Gasteiger partial charge < -0.3 is 10.6 Å². The van der Waals surface area contributed by atoms with Crippen LogP contribution in [0.4, 0.5) is 11.5 Å². The van der Waals surface area contributed by atoms with Gasteiger partial charge in [-0.05, 0) is 44.0 Å². The number of nitro groups is 1. The highest BCUT2D eigenvalue weighted by molar-refractivity contribution is 5.82. The Bertz CT molecular complexity index is 653. The quantitative estimate of drug-likeness (QED) is 0.652. The second kappa shape index (κ2) is 6.05. The second-order valence-corrected chi connectivity index (χ2v) is 5.34. The van der Waals surface area contributed by atoms with Crippen molar-refractivity contribution < 1.29 is 4.92 Å². The molecule has 1 aliphatic heterocycles. The van der Waals surface area contributed by atoms with E-state index in [9.17, 15) is 10.1 Å². The number of nitro benzene ring substituents is 1. The van der Waals surface area contributed by atoms with Crippen LogP contribution in [-0.4, -0.2) is 29.0 Å². The molecule has 2 N–H and O–H groups in total. The molecule has 1 saturated heterocycles. The molecule has 6 heteroatoms. The van der Waals surface area contributed by atoms with Gasteiger partial charge in [-0.2, -0.15) is 0 Å². The number of hydrogen-bond donors (Lipinski definition) is 2. The van der Waals surface area contributed by atoms with E-state index in [4.69, 9.17) is 0 Å². The molecule has 6 nitrogen and oxygen atoms in total. The fraction of sp³-hybridized carbons (Fsp3) is 0.400. The summed E-state index contributed by atoms with van der Waals surface area (Å²) in [4.78, 5) is 14.8. The van der Waals surface area contributed by atoms with E-state index >= 15 is 0 Å². The molecule has 1 fully saturated rings. The van der Waals surface area contributed by atoms with E-state index in [1.54, 1.807) is 12.1 Å². The maximum absolute atomic E-state index is 10.7. The first-order valence-electron chi connectivity index (χ1n) is 7.25. The van der Waals surface area contributed by atoms with Gasteiger partial charge in [-0.1, -0.05) is 0 Å². The number of nitrogens with one attached hydrogen (secondary N) is 2. The number of anilines is 1. The highest BCUT2D eigenvalue weighted by atomic mass is 16.6. The van der Waals surface area contributed by atoms with Crippen LogP contribution in [0.2, 0.25) is 0 Å². The first-order valence-corrected chi connectivity index (χ1v) is 7.25. The summed E-state index contributed by atoms with van der Waals surface area (Å²) in [6, 6.07) is 9.08. The topological polar surface area (TPSA) is 80.1 Å². The average molecular weight is 286 g/mol. The van der Waals surface area contributed by atoms with Gasteiger partial charge in [-0.15, -0.1) is 0 Å². The number of fused-ring (bicyclic) bond motifs is 1. The van der Waals surface area contributed by atoms with Gasteiger partial charge in [0, 0.05) is 30.1 Å². The fourth-order valence-electron chi connectivity index (χ4n) is 2.70. The van der Waals surface area contributed by atoms with Crippen LogP contribution < -0.4 is 10.6 Å². The van der Waals surface area contributed by atoms with Gasteiger partial charge in [0.1, 0.15) is 5.82 Å². The summed E-state index contributed by atoms with van der Waals surface area (Å²) in [5, 5.41) is 18.3. The van der Waals surface area contributed by atoms with Crippen molar-refractivity contribution in [2.24, 2.45) is 0 Å². The van der Waals surface area contributed by atoms with E-state index in [1.807, 2.05) is 12.1 Å². The average Bonchev–Trinajstić information content (AvgIpc) is 3.00. The summed E-state index contributed by atoms with van der Waals surface area (Å²) in [6.45, 7) is 2.00. The van der Waals surface area contributed by atoms with Crippen molar-refractivity contribution in [2.45, 2.75) is 25.3 Å². The molecule has 0 spiro atoms. The minimum absolute atomic E-state index is 0.0947. The van der Waals surface area contributed by atoms with Crippen LogP contribution >= 0.6 is 0 Å². The Morgan fingerprint density at radius 3 is 3.05 bits per heavy atom. The zero-order valence-corrected chi connectivity index (χ0v) is 11.7. The van der Waals surface area contributed by atoms with Crippen LogP contribution in [0.5, 0.6) is 0 Å². The maximum Gasteiger partial charge on any atom is 0.270 e. The molecule has 1 aromatic heterocycles. The van der Waals surface area contributed by atoms with Crippen molar-refractivity contribution in [3.05, 3.63) is 40.4 Å². The molecule has 0 radical (unpaired) electrons. The van der Waals surface area contributed by atoms with E-state index in [-0.39, 0.29) is 10.6 Å². The molecule has 0 aliphatic carbocycles. The van der Waals surface area contributed by atoms with Crippen molar-refractivity contribution in [1.29, 1.82) is 0 Å². The zero-order valence-electron chi connectivity index (χ0n) is 11.7. The molecule has 2 heterocycles. The first-order chi connectivity index (χ1) is 10.2. The molecule has 0 bridgehead atoms. The number of non-ortho nitro benzene ring substituents is 1. The molecule has 2 aromatic rings. The Morgan fingerprint density at radius 2 is 2.29 bits per heavy atom. The summed E-state index contributed by atoms with van der Waals surface area (Å²) < 4.78 is 0. The molecular weight excluding hydrogens is 268 g/mol. The molecule has 1 aromatic carbocycles. The molecule has 0 saturated carbocycles. The van der Waals surface area contributed by atoms with Gasteiger partial charge in [-0.3, -0.25) is 10.1 Å². The molecule has 110 valence electrons. The molecular formula is C15H18N4O2. The minimum atomic E-state index is -0.389. The number of aromatic nitrogens is 1. The van der Waals surface area contributed by atoms with Gasteiger partial charge in [0.15, 0.2) is 0 Å². The van der Waals surface area contributed by atoms with E-state index in [2.05, 4.69) is 15.6 Å². The normalized spacial score (nSPS) is 18.0. The molecule has 1 aliphatic rings. The SMILES string of the molecule is O=[N+]([O-])c1ccc2nc(NCC[C@H]3CCCN3)ccc2c1. The highest BCUT2D eigenvalue weighted by Gasteiger charge is 2.13. The van der Waals surface area contributed by atoms with Crippen molar-refractivity contribution in [3.63, 3.8) is 0 Å². The van der Waals surface area contributed by atoms with Crippen molar-refractivity contribution in [3.8, 4) is 0 Å². The van der Waals surface area contributed by atoms with Crippen LogP contribution in [0.25, 0.3) is 10.9 Å². The van der Waals surface area contributed by atoms with E-state index < -0.39 is 0 Å². The number of pyridine rings is 1. The lowest BCUT2D eigenvalue weighted by Gasteiger charge is -2.11. The zero-order chi connectivity index (χ0) is 14.7. The first kappa shape index (κ1) is 13.8. The molecule has 0 unspecified atom stereocenters. The molecule has 21 heavy (non-hydrogen) atoms. The predicted molar refractivity (Wildman–Crippen MR) is 82.5 cm³/mol. The van der Waals surface area contributed by atoms with Crippen LogP contribution in [-0.2, 0) is 0 Å². The maximum atomic E-state index is 10.7. The monoisotopic (exact) mass is 286 g/mol. The second-order valence-electron chi connectivity index (χ2n) is 5.34. The van der Waals surface area contributed by atoms with Crippen molar-refractivity contribution in [2.75, 3.05) is 18.4 Å². The smallest absolute Gasteiger partial charge is 0.270 e. The lowest BCUT2D eigenvalue weighted by Crippen LogP contribution is -2.24.